The fraction of sp³-hybridized carbons (Fsp3) is 0.300. The molecule has 1 heterocycles. The molecule has 0 radical (unpaired) electrons. The number of nitrogens with zero attached hydrogens (tertiary/aromatic N) is 5. The summed E-state index contributed by atoms with van der Waals surface area (Å²) in [7, 11) is 1.80. The number of hydrogen-bond donors (Lipinski definition) is 0. The van der Waals surface area contributed by atoms with Gasteiger partial charge in [0.15, 0.2) is 5.82 Å². The summed E-state index contributed by atoms with van der Waals surface area (Å²) in [6.07, 6.45) is 1.59. The molecule has 0 atom stereocenters. The number of rotatable bonds is 7. The molecular formula is C20H22BrN5O. The molecule has 0 saturated heterocycles. The van der Waals surface area contributed by atoms with Crippen LogP contribution in [0.2, 0.25) is 0 Å². The van der Waals surface area contributed by atoms with Gasteiger partial charge in [-0.3, -0.25) is 4.79 Å². The van der Waals surface area contributed by atoms with Gasteiger partial charge in [-0.15, -0.1) is 5.10 Å². The molecular weight excluding hydrogens is 406 g/mol. The van der Waals surface area contributed by atoms with Crippen molar-refractivity contribution in [3.8, 4) is 0 Å². The lowest BCUT2D eigenvalue weighted by Gasteiger charge is -2.17. The van der Waals surface area contributed by atoms with Crippen LogP contribution in [0.1, 0.15) is 29.4 Å². The highest BCUT2D eigenvalue weighted by Crippen LogP contribution is 2.13. The number of benzene rings is 2. The van der Waals surface area contributed by atoms with Gasteiger partial charge in [-0.2, -0.15) is 0 Å². The van der Waals surface area contributed by atoms with E-state index in [0.29, 0.717) is 18.8 Å². The number of carbonyl (C=O) groups excluding carboxylic acids is 1. The number of aryl methyl sites for hydroxylation is 1. The highest BCUT2D eigenvalue weighted by Gasteiger charge is 2.15. The standard InChI is InChI=1S/C20H22BrN5O/c1-3-15-4-6-17(7-5-15)13-25(2)20(27)14-26-19(22-23-24-26)12-16-8-10-18(21)11-9-16/h4-11H,3,12-14H2,1-2H3. The topological polar surface area (TPSA) is 63.9 Å². The molecule has 0 spiro atoms. The summed E-state index contributed by atoms with van der Waals surface area (Å²) in [5.74, 6) is 0.644. The lowest BCUT2D eigenvalue weighted by molar-refractivity contribution is -0.131. The van der Waals surface area contributed by atoms with Crippen molar-refractivity contribution in [2.45, 2.75) is 32.9 Å². The Bertz CT molecular complexity index is 889. The van der Waals surface area contributed by atoms with Crippen molar-refractivity contribution in [1.82, 2.24) is 25.1 Å². The van der Waals surface area contributed by atoms with Crippen LogP contribution in [0.25, 0.3) is 0 Å². The minimum atomic E-state index is -0.0288. The minimum absolute atomic E-state index is 0.0288. The Morgan fingerprint density at radius 2 is 1.67 bits per heavy atom. The molecule has 140 valence electrons. The molecule has 3 rings (SSSR count). The molecule has 0 aliphatic heterocycles. The van der Waals surface area contributed by atoms with Crippen molar-refractivity contribution >= 4 is 21.8 Å². The highest BCUT2D eigenvalue weighted by molar-refractivity contribution is 9.10. The van der Waals surface area contributed by atoms with Crippen LogP contribution in [0, 0.1) is 0 Å². The Kier molecular flexibility index (Phi) is 6.34. The van der Waals surface area contributed by atoms with Crippen LogP contribution in [-0.2, 0) is 30.7 Å². The van der Waals surface area contributed by atoms with Gasteiger partial charge in [0.2, 0.25) is 5.91 Å². The Morgan fingerprint density at radius 3 is 2.33 bits per heavy atom. The molecule has 3 aromatic rings. The number of aromatic nitrogens is 4. The van der Waals surface area contributed by atoms with Gasteiger partial charge in [0.25, 0.3) is 0 Å². The van der Waals surface area contributed by atoms with Crippen LogP contribution in [0.15, 0.2) is 53.0 Å². The molecule has 0 aliphatic carbocycles. The second-order valence-electron chi connectivity index (χ2n) is 6.48. The minimum Gasteiger partial charge on any atom is -0.340 e. The highest BCUT2D eigenvalue weighted by atomic mass is 79.9. The van der Waals surface area contributed by atoms with Crippen molar-refractivity contribution in [1.29, 1.82) is 0 Å². The van der Waals surface area contributed by atoms with Crippen LogP contribution in [0.4, 0.5) is 0 Å². The van der Waals surface area contributed by atoms with Gasteiger partial charge in [0.05, 0.1) is 0 Å². The van der Waals surface area contributed by atoms with Gasteiger partial charge < -0.3 is 4.90 Å². The largest absolute Gasteiger partial charge is 0.340 e. The van der Waals surface area contributed by atoms with Crippen LogP contribution in [0.3, 0.4) is 0 Å². The van der Waals surface area contributed by atoms with E-state index >= 15 is 0 Å². The normalized spacial score (nSPS) is 10.8. The van der Waals surface area contributed by atoms with Crippen molar-refractivity contribution in [3.05, 3.63) is 75.5 Å². The maximum Gasteiger partial charge on any atom is 0.244 e. The molecule has 0 unspecified atom stereocenters. The van der Waals surface area contributed by atoms with Gasteiger partial charge >= 0.3 is 0 Å². The van der Waals surface area contributed by atoms with Gasteiger partial charge in [-0.1, -0.05) is 59.3 Å². The first kappa shape index (κ1) is 19.2. The Labute approximate surface area is 167 Å². The number of carbonyl (C=O) groups is 1. The number of amides is 1. The van der Waals surface area contributed by atoms with Gasteiger partial charge in [0, 0.05) is 24.5 Å². The average Bonchev–Trinajstić information content (AvgIpc) is 3.10. The van der Waals surface area contributed by atoms with E-state index < -0.39 is 0 Å². The summed E-state index contributed by atoms with van der Waals surface area (Å²) in [4.78, 5) is 14.3. The molecule has 7 heteroatoms. The molecule has 0 N–H and O–H groups in total. The Morgan fingerprint density at radius 1 is 1.04 bits per heavy atom. The summed E-state index contributed by atoms with van der Waals surface area (Å²) in [5, 5.41) is 11.8. The summed E-state index contributed by atoms with van der Waals surface area (Å²) < 4.78 is 2.59. The molecule has 27 heavy (non-hydrogen) atoms. The van der Waals surface area contributed by atoms with E-state index in [4.69, 9.17) is 0 Å². The third-order valence-electron chi connectivity index (χ3n) is 4.44. The lowest BCUT2D eigenvalue weighted by Crippen LogP contribution is -2.30. The average molecular weight is 428 g/mol. The maximum atomic E-state index is 12.6. The zero-order valence-corrected chi connectivity index (χ0v) is 17.1. The molecule has 0 aliphatic rings. The fourth-order valence-corrected chi connectivity index (χ4v) is 3.01. The van der Waals surface area contributed by atoms with E-state index in [9.17, 15) is 4.79 Å². The Balaban J connectivity index is 1.61. The van der Waals surface area contributed by atoms with Crippen LogP contribution >= 0.6 is 15.9 Å². The van der Waals surface area contributed by atoms with E-state index in [2.05, 4.69) is 62.6 Å². The first-order chi connectivity index (χ1) is 13.0. The van der Waals surface area contributed by atoms with Crippen LogP contribution in [0.5, 0.6) is 0 Å². The first-order valence-corrected chi connectivity index (χ1v) is 9.65. The van der Waals surface area contributed by atoms with E-state index in [1.165, 1.54) is 5.56 Å². The number of likely N-dealkylation sites (N-methyl/N-ethyl adjacent to an activating group) is 1. The zero-order valence-electron chi connectivity index (χ0n) is 15.5. The number of halogens is 1. The van der Waals surface area contributed by atoms with Crippen molar-refractivity contribution in [2.75, 3.05) is 7.05 Å². The van der Waals surface area contributed by atoms with E-state index in [-0.39, 0.29) is 12.5 Å². The summed E-state index contributed by atoms with van der Waals surface area (Å²) in [5.41, 5.74) is 3.49. The summed E-state index contributed by atoms with van der Waals surface area (Å²) in [6, 6.07) is 16.3. The van der Waals surface area contributed by atoms with Gasteiger partial charge in [-0.05, 0) is 45.7 Å². The third kappa shape index (κ3) is 5.23. The van der Waals surface area contributed by atoms with E-state index in [1.807, 2.05) is 24.3 Å². The van der Waals surface area contributed by atoms with E-state index in [1.54, 1.807) is 16.6 Å². The second-order valence-corrected chi connectivity index (χ2v) is 7.39. The lowest BCUT2D eigenvalue weighted by atomic mass is 10.1. The van der Waals surface area contributed by atoms with Gasteiger partial charge in [-0.25, -0.2) is 4.68 Å². The summed E-state index contributed by atoms with van der Waals surface area (Å²) in [6.45, 7) is 2.82. The van der Waals surface area contributed by atoms with Crippen LogP contribution in [-0.4, -0.2) is 38.1 Å². The zero-order chi connectivity index (χ0) is 19.2. The number of tetrazole rings is 1. The monoisotopic (exact) mass is 427 g/mol. The van der Waals surface area contributed by atoms with Crippen LogP contribution < -0.4 is 0 Å². The van der Waals surface area contributed by atoms with Crippen molar-refractivity contribution in [2.24, 2.45) is 0 Å². The molecule has 2 aromatic carbocycles. The molecule has 0 fully saturated rings. The predicted molar refractivity (Wildman–Crippen MR) is 107 cm³/mol. The maximum absolute atomic E-state index is 12.6. The molecule has 1 aromatic heterocycles. The third-order valence-corrected chi connectivity index (χ3v) is 4.97. The smallest absolute Gasteiger partial charge is 0.244 e. The molecule has 1 amide bonds. The Hall–Kier alpha value is -2.54. The molecule has 0 bridgehead atoms. The molecule has 6 nitrogen and oxygen atoms in total. The van der Waals surface area contributed by atoms with Gasteiger partial charge in [0.1, 0.15) is 6.54 Å². The van der Waals surface area contributed by atoms with E-state index in [0.717, 1.165) is 22.0 Å². The predicted octanol–water partition coefficient (Wildman–Crippen LogP) is 3.25. The summed E-state index contributed by atoms with van der Waals surface area (Å²) >= 11 is 3.43. The quantitative estimate of drug-likeness (QED) is 0.580. The van der Waals surface area contributed by atoms with Crippen molar-refractivity contribution < 1.29 is 4.79 Å². The van der Waals surface area contributed by atoms with Crippen molar-refractivity contribution in [3.63, 3.8) is 0 Å². The fourth-order valence-electron chi connectivity index (χ4n) is 2.75. The second kappa shape index (κ2) is 8.90. The number of hydrogen-bond acceptors (Lipinski definition) is 4. The first-order valence-electron chi connectivity index (χ1n) is 8.86. The SMILES string of the molecule is CCc1ccc(CN(C)C(=O)Cn2nnnc2Cc2ccc(Br)cc2)cc1. The molecule has 0 saturated carbocycles.